The maximum absolute atomic E-state index is 12.6. The zero-order valence-corrected chi connectivity index (χ0v) is 16.4. The number of nitrogens with zero attached hydrogens (tertiary/aromatic N) is 2. The molecule has 6 heteroatoms. The van der Waals surface area contributed by atoms with Crippen molar-refractivity contribution in [3.8, 4) is 5.75 Å². The van der Waals surface area contributed by atoms with Gasteiger partial charge in [-0.05, 0) is 31.2 Å². The van der Waals surface area contributed by atoms with Crippen LogP contribution in [0.4, 0.5) is 5.69 Å². The molecule has 2 amide bonds. The molecule has 2 aromatic rings. The van der Waals surface area contributed by atoms with Gasteiger partial charge in [-0.2, -0.15) is 0 Å². The molecule has 1 unspecified atom stereocenters. The van der Waals surface area contributed by atoms with Gasteiger partial charge < -0.3 is 19.9 Å². The maximum atomic E-state index is 12.6. The smallest absolute Gasteiger partial charge is 0.251 e. The number of hydrogen-bond acceptors (Lipinski definition) is 4. The van der Waals surface area contributed by atoms with Gasteiger partial charge in [0.15, 0.2) is 0 Å². The molecule has 1 heterocycles. The lowest BCUT2D eigenvalue weighted by atomic mass is 10.1. The molecule has 1 fully saturated rings. The quantitative estimate of drug-likeness (QED) is 0.835. The molecule has 2 aromatic carbocycles. The van der Waals surface area contributed by atoms with Gasteiger partial charge in [-0.3, -0.25) is 9.59 Å². The monoisotopic (exact) mass is 381 g/mol. The van der Waals surface area contributed by atoms with Crippen molar-refractivity contribution >= 4 is 17.5 Å². The van der Waals surface area contributed by atoms with Crippen molar-refractivity contribution in [3.63, 3.8) is 0 Å². The second-order valence-corrected chi connectivity index (χ2v) is 6.98. The number of hydrogen-bond donors (Lipinski definition) is 1. The molecule has 1 atom stereocenters. The number of amides is 2. The van der Waals surface area contributed by atoms with Gasteiger partial charge >= 0.3 is 0 Å². The Kier molecular flexibility index (Phi) is 6.53. The van der Waals surface area contributed by atoms with E-state index < -0.39 is 0 Å². The van der Waals surface area contributed by atoms with Gasteiger partial charge in [-0.1, -0.05) is 30.3 Å². The molecule has 0 aromatic heterocycles. The first-order chi connectivity index (χ1) is 13.6. The first-order valence-electron chi connectivity index (χ1n) is 9.60. The molecule has 1 saturated heterocycles. The van der Waals surface area contributed by atoms with Crippen LogP contribution in [0.3, 0.4) is 0 Å². The first kappa shape index (κ1) is 19.7. The summed E-state index contributed by atoms with van der Waals surface area (Å²) in [4.78, 5) is 29.0. The molecule has 1 aliphatic rings. The summed E-state index contributed by atoms with van der Waals surface area (Å²) < 4.78 is 5.44. The Morgan fingerprint density at radius 3 is 2.32 bits per heavy atom. The van der Waals surface area contributed by atoms with Gasteiger partial charge in [-0.15, -0.1) is 0 Å². The van der Waals surface area contributed by atoms with Gasteiger partial charge in [0.2, 0.25) is 5.91 Å². The summed E-state index contributed by atoms with van der Waals surface area (Å²) in [6.45, 7) is 4.71. The zero-order valence-electron chi connectivity index (χ0n) is 16.4. The molecule has 148 valence electrons. The molecule has 28 heavy (non-hydrogen) atoms. The van der Waals surface area contributed by atoms with Crippen LogP contribution < -0.4 is 15.0 Å². The van der Waals surface area contributed by atoms with E-state index in [0.717, 1.165) is 24.5 Å². The van der Waals surface area contributed by atoms with Crippen molar-refractivity contribution in [2.75, 3.05) is 38.2 Å². The number of anilines is 1. The van der Waals surface area contributed by atoms with Crippen molar-refractivity contribution in [1.82, 2.24) is 10.2 Å². The largest absolute Gasteiger partial charge is 0.495 e. The highest BCUT2D eigenvalue weighted by Crippen LogP contribution is 2.28. The number of benzene rings is 2. The number of ether oxygens (including phenoxy) is 1. The standard InChI is InChI=1S/C22H27N3O3/c1-17(23-22(27)18-8-4-3-5-9-18)16-21(26)25-14-12-24(13-15-25)19-10-6-7-11-20(19)28-2/h3-11,17H,12-16H2,1-2H3,(H,23,27). The number of para-hydroxylation sites is 2. The van der Waals surface area contributed by atoms with Crippen LogP contribution >= 0.6 is 0 Å². The summed E-state index contributed by atoms with van der Waals surface area (Å²) in [6.07, 6.45) is 0.299. The predicted octanol–water partition coefficient (Wildman–Crippen LogP) is 2.55. The highest BCUT2D eigenvalue weighted by molar-refractivity contribution is 5.94. The van der Waals surface area contributed by atoms with Crippen LogP contribution in [0.1, 0.15) is 23.7 Å². The Morgan fingerprint density at radius 2 is 1.64 bits per heavy atom. The minimum absolute atomic E-state index is 0.0699. The fourth-order valence-electron chi connectivity index (χ4n) is 3.43. The lowest BCUT2D eigenvalue weighted by Gasteiger charge is -2.37. The van der Waals surface area contributed by atoms with Crippen LogP contribution in [-0.4, -0.2) is 56.0 Å². The Balaban J connectivity index is 1.49. The minimum Gasteiger partial charge on any atom is -0.495 e. The normalized spacial score (nSPS) is 15.1. The second-order valence-electron chi connectivity index (χ2n) is 6.98. The van der Waals surface area contributed by atoms with Crippen molar-refractivity contribution in [2.24, 2.45) is 0 Å². The Morgan fingerprint density at radius 1 is 1.00 bits per heavy atom. The van der Waals surface area contributed by atoms with Crippen LogP contribution in [0.2, 0.25) is 0 Å². The lowest BCUT2D eigenvalue weighted by molar-refractivity contribution is -0.131. The second kappa shape index (κ2) is 9.26. The SMILES string of the molecule is COc1ccccc1N1CCN(C(=O)CC(C)NC(=O)c2ccccc2)CC1. The molecule has 1 N–H and O–H groups in total. The van der Waals surface area contributed by atoms with E-state index in [4.69, 9.17) is 4.74 Å². The van der Waals surface area contributed by atoms with Gasteiger partial charge in [-0.25, -0.2) is 0 Å². The van der Waals surface area contributed by atoms with Crippen molar-refractivity contribution in [1.29, 1.82) is 0 Å². The van der Waals surface area contributed by atoms with Crippen molar-refractivity contribution < 1.29 is 14.3 Å². The molecule has 1 aliphatic heterocycles. The van der Waals surface area contributed by atoms with E-state index >= 15 is 0 Å². The molecule has 0 aliphatic carbocycles. The predicted molar refractivity (Wildman–Crippen MR) is 110 cm³/mol. The number of carbonyl (C=O) groups is 2. The van der Waals surface area contributed by atoms with Crippen LogP contribution in [-0.2, 0) is 4.79 Å². The first-order valence-corrected chi connectivity index (χ1v) is 9.60. The van der Waals surface area contributed by atoms with E-state index in [-0.39, 0.29) is 17.9 Å². The molecule has 3 rings (SSSR count). The van der Waals surface area contributed by atoms with Crippen molar-refractivity contribution in [2.45, 2.75) is 19.4 Å². The van der Waals surface area contributed by atoms with Gasteiger partial charge in [0.1, 0.15) is 5.75 Å². The topological polar surface area (TPSA) is 61.9 Å². The fourth-order valence-corrected chi connectivity index (χ4v) is 3.43. The summed E-state index contributed by atoms with van der Waals surface area (Å²) >= 11 is 0. The Labute approximate surface area is 166 Å². The van der Waals surface area contributed by atoms with Crippen LogP contribution in [0, 0.1) is 0 Å². The summed E-state index contributed by atoms with van der Waals surface area (Å²) in [6, 6.07) is 16.8. The Bertz CT molecular complexity index is 802. The number of carbonyl (C=O) groups excluding carboxylic acids is 2. The third kappa shape index (κ3) is 4.82. The Hall–Kier alpha value is -3.02. The maximum Gasteiger partial charge on any atom is 0.251 e. The third-order valence-corrected chi connectivity index (χ3v) is 4.95. The molecule has 0 saturated carbocycles. The van der Waals surface area contributed by atoms with Gasteiger partial charge in [0.05, 0.1) is 12.8 Å². The summed E-state index contributed by atoms with van der Waals surface area (Å²) in [5.74, 6) is 0.766. The molecule has 0 radical (unpaired) electrons. The average molecular weight is 381 g/mol. The summed E-state index contributed by atoms with van der Waals surface area (Å²) in [5, 5.41) is 2.90. The van der Waals surface area contributed by atoms with Gasteiger partial charge in [0, 0.05) is 44.2 Å². The summed E-state index contributed by atoms with van der Waals surface area (Å²) in [5.41, 5.74) is 1.66. The lowest BCUT2D eigenvalue weighted by Crippen LogP contribution is -2.50. The van der Waals surface area contributed by atoms with E-state index in [0.29, 0.717) is 25.1 Å². The third-order valence-electron chi connectivity index (χ3n) is 4.95. The number of rotatable bonds is 6. The molecule has 6 nitrogen and oxygen atoms in total. The van der Waals surface area contributed by atoms with Crippen LogP contribution in [0.25, 0.3) is 0 Å². The number of nitrogens with one attached hydrogen (secondary N) is 1. The minimum atomic E-state index is -0.215. The fraction of sp³-hybridized carbons (Fsp3) is 0.364. The van der Waals surface area contributed by atoms with Gasteiger partial charge in [0.25, 0.3) is 5.91 Å². The van der Waals surface area contributed by atoms with E-state index in [1.54, 1.807) is 19.2 Å². The van der Waals surface area contributed by atoms with E-state index in [2.05, 4.69) is 10.2 Å². The molecule has 0 spiro atoms. The van der Waals surface area contributed by atoms with E-state index in [9.17, 15) is 9.59 Å². The highest BCUT2D eigenvalue weighted by atomic mass is 16.5. The molecular formula is C22H27N3O3. The van der Waals surface area contributed by atoms with E-state index in [1.807, 2.05) is 54.3 Å². The average Bonchev–Trinajstić information content (AvgIpc) is 2.74. The van der Waals surface area contributed by atoms with Crippen LogP contribution in [0.15, 0.2) is 54.6 Å². The van der Waals surface area contributed by atoms with Crippen molar-refractivity contribution in [3.05, 3.63) is 60.2 Å². The molecular weight excluding hydrogens is 354 g/mol. The van der Waals surface area contributed by atoms with E-state index in [1.165, 1.54) is 0 Å². The zero-order chi connectivity index (χ0) is 19.9. The van der Waals surface area contributed by atoms with Crippen LogP contribution in [0.5, 0.6) is 5.75 Å². The molecule has 0 bridgehead atoms. The highest BCUT2D eigenvalue weighted by Gasteiger charge is 2.24. The summed E-state index contributed by atoms with van der Waals surface area (Å²) in [7, 11) is 1.67. The number of methoxy groups -OCH3 is 1. The number of piperazine rings is 1.